The summed E-state index contributed by atoms with van der Waals surface area (Å²) in [5.74, 6) is 0. The van der Waals surface area contributed by atoms with Gasteiger partial charge in [0.15, 0.2) is 0 Å². The summed E-state index contributed by atoms with van der Waals surface area (Å²) in [7, 11) is -3.68. The van der Waals surface area contributed by atoms with Gasteiger partial charge in [-0.2, -0.15) is 0 Å². The van der Waals surface area contributed by atoms with Gasteiger partial charge in [-0.25, -0.2) is 13.2 Å². The maximum absolute atomic E-state index is 12.9. The van der Waals surface area contributed by atoms with Crippen molar-refractivity contribution in [3.8, 4) is 0 Å². The number of pyridine rings is 2. The summed E-state index contributed by atoms with van der Waals surface area (Å²) in [6, 6.07) is 17.7. The Morgan fingerprint density at radius 2 is 1.67 bits per heavy atom. The van der Waals surface area contributed by atoms with Crippen molar-refractivity contribution in [3.05, 3.63) is 90.9 Å². The van der Waals surface area contributed by atoms with Crippen LogP contribution in [0.3, 0.4) is 0 Å². The summed E-state index contributed by atoms with van der Waals surface area (Å²) >= 11 is 0. The van der Waals surface area contributed by atoms with E-state index in [0.717, 1.165) is 16.5 Å². The second-order valence-electron chi connectivity index (χ2n) is 6.55. The molecule has 0 aliphatic rings. The fourth-order valence-corrected chi connectivity index (χ4v) is 4.23. The molecule has 2 aromatic carbocycles. The Labute approximate surface area is 173 Å². The molecular weight excluding hydrogens is 400 g/mol. The van der Waals surface area contributed by atoms with E-state index in [9.17, 15) is 13.2 Å². The zero-order chi connectivity index (χ0) is 21.0. The lowest BCUT2D eigenvalue weighted by Crippen LogP contribution is -2.28. The Hall–Kier alpha value is -3.78. The predicted octanol–water partition coefficient (Wildman–Crippen LogP) is 3.78. The molecule has 4 rings (SSSR count). The standard InChI is InChI=1S/C22H18N4O3S/c27-22(25-15-16-3-1-11-23-14-16)26-18-5-7-19(8-6-18)30(28,29)20-9-10-21-17(13-20)4-2-12-24-21/h1-14H,15H2,(H2,25,26,27). The average Bonchev–Trinajstić information content (AvgIpc) is 2.78. The molecule has 0 spiro atoms. The number of nitrogens with one attached hydrogen (secondary N) is 2. The molecule has 0 fully saturated rings. The zero-order valence-corrected chi connectivity index (χ0v) is 16.6. The molecule has 150 valence electrons. The Bertz CT molecular complexity index is 1290. The van der Waals surface area contributed by atoms with Crippen LogP contribution < -0.4 is 10.6 Å². The molecule has 30 heavy (non-hydrogen) atoms. The highest BCUT2D eigenvalue weighted by Gasteiger charge is 2.18. The Morgan fingerprint density at radius 1 is 0.900 bits per heavy atom. The second-order valence-corrected chi connectivity index (χ2v) is 8.50. The molecule has 8 heteroatoms. The van der Waals surface area contributed by atoms with Gasteiger partial charge < -0.3 is 10.6 Å². The Kier molecular flexibility index (Phi) is 5.40. The smallest absolute Gasteiger partial charge is 0.319 e. The zero-order valence-electron chi connectivity index (χ0n) is 15.8. The third kappa shape index (κ3) is 4.28. The van der Waals surface area contributed by atoms with E-state index in [4.69, 9.17) is 0 Å². The van der Waals surface area contributed by atoms with Crippen molar-refractivity contribution in [1.82, 2.24) is 15.3 Å². The van der Waals surface area contributed by atoms with Crippen LogP contribution in [0.4, 0.5) is 10.5 Å². The molecule has 0 radical (unpaired) electrons. The first-order valence-corrected chi connectivity index (χ1v) is 10.6. The number of carbonyl (C=O) groups excluding carboxylic acids is 1. The van der Waals surface area contributed by atoms with E-state index in [0.29, 0.717) is 12.2 Å². The summed E-state index contributed by atoms with van der Waals surface area (Å²) in [5.41, 5.74) is 2.09. The molecule has 2 amide bonds. The molecule has 4 aromatic rings. The van der Waals surface area contributed by atoms with Crippen molar-refractivity contribution in [2.75, 3.05) is 5.32 Å². The van der Waals surface area contributed by atoms with Gasteiger partial charge in [-0.1, -0.05) is 12.1 Å². The van der Waals surface area contributed by atoms with Crippen molar-refractivity contribution in [2.24, 2.45) is 0 Å². The summed E-state index contributed by atoms with van der Waals surface area (Å²) in [6.07, 6.45) is 4.99. The van der Waals surface area contributed by atoms with Crippen molar-refractivity contribution in [1.29, 1.82) is 0 Å². The number of rotatable bonds is 5. The van der Waals surface area contributed by atoms with Crippen LogP contribution >= 0.6 is 0 Å². The molecule has 0 bridgehead atoms. The molecule has 7 nitrogen and oxygen atoms in total. The molecule has 2 N–H and O–H groups in total. The van der Waals surface area contributed by atoms with Gasteiger partial charge in [0.25, 0.3) is 0 Å². The molecule has 2 aromatic heterocycles. The number of amides is 2. The molecule has 0 aliphatic carbocycles. The normalized spacial score (nSPS) is 11.2. The van der Waals surface area contributed by atoms with Gasteiger partial charge in [-0.05, 0) is 60.2 Å². The Balaban J connectivity index is 1.46. The van der Waals surface area contributed by atoms with E-state index in [2.05, 4.69) is 20.6 Å². The number of anilines is 1. The van der Waals surface area contributed by atoms with E-state index in [-0.39, 0.29) is 9.79 Å². The number of nitrogens with zero attached hydrogens (tertiary/aromatic N) is 2. The first kappa shape index (κ1) is 19.5. The van der Waals surface area contributed by atoms with E-state index >= 15 is 0 Å². The van der Waals surface area contributed by atoms with Crippen molar-refractivity contribution in [3.63, 3.8) is 0 Å². The summed E-state index contributed by atoms with van der Waals surface area (Å²) < 4.78 is 25.9. The molecular formula is C22H18N4O3S. The maximum atomic E-state index is 12.9. The van der Waals surface area contributed by atoms with Gasteiger partial charge in [-0.15, -0.1) is 0 Å². The molecule has 0 saturated heterocycles. The minimum absolute atomic E-state index is 0.145. The van der Waals surface area contributed by atoms with Crippen molar-refractivity contribution in [2.45, 2.75) is 16.3 Å². The predicted molar refractivity (Wildman–Crippen MR) is 114 cm³/mol. The molecule has 0 unspecified atom stereocenters. The fraction of sp³-hybridized carbons (Fsp3) is 0.0455. The van der Waals surface area contributed by atoms with Gasteiger partial charge >= 0.3 is 6.03 Å². The van der Waals surface area contributed by atoms with Crippen molar-refractivity contribution < 1.29 is 13.2 Å². The van der Waals surface area contributed by atoms with Crippen LogP contribution in [-0.2, 0) is 16.4 Å². The summed E-state index contributed by atoms with van der Waals surface area (Å²) in [5, 5.41) is 6.15. The largest absolute Gasteiger partial charge is 0.334 e. The average molecular weight is 418 g/mol. The number of aromatic nitrogens is 2. The van der Waals surface area contributed by atoms with Gasteiger partial charge in [0.2, 0.25) is 9.84 Å². The number of sulfone groups is 1. The van der Waals surface area contributed by atoms with E-state index in [1.165, 1.54) is 12.1 Å². The molecule has 2 heterocycles. The van der Waals surface area contributed by atoms with Crippen LogP contribution in [0.1, 0.15) is 5.56 Å². The molecule has 0 atom stereocenters. The van der Waals surface area contributed by atoms with Gasteiger partial charge in [-0.3, -0.25) is 9.97 Å². The number of hydrogen-bond acceptors (Lipinski definition) is 5. The lowest BCUT2D eigenvalue weighted by molar-refractivity contribution is 0.251. The summed E-state index contributed by atoms with van der Waals surface area (Å²) in [6.45, 7) is 0.336. The SMILES string of the molecule is O=C(NCc1cccnc1)Nc1ccc(S(=O)(=O)c2ccc3ncccc3c2)cc1. The summed E-state index contributed by atoms with van der Waals surface area (Å²) in [4.78, 5) is 20.6. The van der Waals surface area contributed by atoms with E-state index < -0.39 is 15.9 Å². The van der Waals surface area contributed by atoms with E-state index in [1.54, 1.807) is 61.1 Å². The lowest BCUT2D eigenvalue weighted by Gasteiger charge is -2.09. The van der Waals surface area contributed by atoms with Crippen LogP contribution in [0.15, 0.2) is 95.1 Å². The molecule has 0 aliphatic heterocycles. The minimum Gasteiger partial charge on any atom is -0.334 e. The fourth-order valence-electron chi connectivity index (χ4n) is 2.93. The van der Waals surface area contributed by atoms with Crippen LogP contribution in [0.2, 0.25) is 0 Å². The number of hydrogen-bond donors (Lipinski definition) is 2. The maximum Gasteiger partial charge on any atom is 0.319 e. The second kappa shape index (κ2) is 8.30. The first-order valence-electron chi connectivity index (χ1n) is 9.16. The number of fused-ring (bicyclic) bond motifs is 1. The van der Waals surface area contributed by atoms with Crippen LogP contribution in [0.5, 0.6) is 0 Å². The van der Waals surface area contributed by atoms with Gasteiger partial charge in [0.1, 0.15) is 0 Å². The third-order valence-electron chi connectivity index (χ3n) is 4.48. The number of carbonyl (C=O) groups is 1. The number of urea groups is 1. The van der Waals surface area contributed by atoms with Gasteiger partial charge in [0, 0.05) is 36.2 Å². The highest BCUT2D eigenvalue weighted by Crippen LogP contribution is 2.25. The highest BCUT2D eigenvalue weighted by atomic mass is 32.2. The van der Waals surface area contributed by atoms with Crippen molar-refractivity contribution >= 4 is 32.5 Å². The first-order chi connectivity index (χ1) is 14.5. The van der Waals surface area contributed by atoms with Gasteiger partial charge in [0.05, 0.1) is 15.3 Å². The lowest BCUT2D eigenvalue weighted by atomic mass is 10.2. The van der Waals surface area contributed by atoms with Crippen LogP contribution in [-0.4, -0.2) is 24.4 Å². The van der Waals surface area contributed by atoms with Crippen LogP contribution in [0, 0.1) is 0 Å². The number of benzene rings is 2. The minimum atomic E-state index is -3.68. The topological polar surface area (TPSA) is 101 Å². The monoisotopic (exact) mass is 418 g/mol. The quantitative estimate of drug-likeness (QED) is 0.514. The van der Waals surface area contributed by atoms with E-state index in [1.807, 2.05) is 12.1 Å². The highest BCUT2D eigenvalue weighted by molar-refractivity contribution is 7.91. The van der Waals surface area contributed by atoms with Crippen LogP contribution in [0.25, 0.3) is 10.9 Å². The third-order valence-corrected chi connectivity index (χ3v) is 6.25. The Morgan fingerprint density at radius 3 is 2.43 bits per heavy atom. The molecule has 0 saturated carbocycles.